The van der Waals surface area contributed by atoms with Crippen molar-refractivity contribution in [3.8, 4) is 0 Å². The van der Waals surface area contributed by atoms with E-state index >= 15 is 0 Å². The van der Waals surface area contributed by atoms with E-state index in [1.54, 1.807) is 18.4 Å². The predicted molar refractivity (Wildman–Crippen MR) is 71.1 cm³/mol. The Balaban J connectivity index is 2.28. The highest BCUT2D eigenvalue weighted by Gasteiger charge is 2.27. The Hall–Kier alpha value is -0.910. The summed E-state index contributed by atoms with van der Waals surface area (Å²) < 4.78 is 5.74. The van der Waals surface area contributed by atoms with E-state index in [-0.39, 0.29) is 6.10 Å². The molecule has 1 aliphatic rings. The summed E-state index contributed by atoms with van der Waals surface area (Å²) in [5.74, 6) is -0.830. The summed E-state index contributed by atoms with van der Waals surface area (Å²) in [6.45, 7) is 2.69. The van der Waals surface area contributed by atoms with Gasteiger partial charge in [0.05, 0.1) is 6.10 Å². The average Bonchev–Trinajstić information content (AvgIpc) is 2.74. The number of rotatable bonds is 5. The molecule has 1 heterocycles. The maximum atomic E-state index is 11.2. The van der Waals surface area contributed by atoms with E-state index in [0.717, 1.165) is 24.1 Å². The Kier molecular flexibility index (Phi) is 4.37. The first-order chi connectivity index (χ1) is 8.67. The Morgan fingerprint density at radius 3 is 3.11 bits per heavy atom. The molecule has 4 nitrogen and oxygen atoms in total. The first-order valence-electron chi connectivity index (χ1n) is 6.31. The zero-order valence-electron chi connectivity index (χ0n) is 10.7. The molecule has 100 valence electrons. The largest absolute Gasteiger partial charge is 0.480 e. The molecule has 0 radical (unpaired) electrons. The molecule has 0 saturated heterocycles. The number of thiophene rings is 1. The molecule has 0 saturated carbocycles. The number of hydrogen-bond donors (Lipinski definition) is 2. The van der Waals surface area contributed by atoms with Crippen LogP contribution in [0.1, 0.15) is 47.2 Å². The molecule has 0 aliphatic heterocycles. The van der Waals surface area contributed by atoms with Crippen molar-refractivity contribution >= 4 is 17.3 Å². The lowest BCUT2D eigenvalue weighted by Crippen LogP contribution is -2.23. The molecule has 18 heavy (non-hydrogen) atoms. The first-order valence-corrected chi connectivity index (χ1v) is 7.13. The highest BCUT2D eigenvalue weighted by Crippen LogP contribution is 2.39. The molecule has 1 aliphatic carbocycles. The number of hydrogen-bond acceptors (Lipinski definition) is 4. The van der Waals surface area contributed by atoms with Crippen LogP contribution in [0.3, 0.4) is 0 Å². The minimum Gasteiger partial charge on any atom is -0.480 e. The number of carboxylic acid groups (broad SMARTS) is 1. The van der Waals surface area contributed by atoms with E-state index in [0.29, 0.717) is 6.61 Å². The number of ether oxygens (including phenoxy) is 1. The van der Waals surface area contributed by atoms with E-state index in [4.69, 9.17) is 4.74 Å². The van der Waals surface area contributed by atoms with Crippen LogP contribution in [0.2, 0.25) is 0 Å². The number of carboxylic acids is 1. The van der Waals surface area contributed by atoms with Gasteiger partial charge in [-0.1, -0.05) is 0 Å². The number of aliphatic carboxylic acids is 1. The third-order valence-electron chi connectivity index (χ3n) is 3.27. The fourth-order valence-electron chi connectivity index (χ4n) is 2.44. The van der Waals surface area contributed by atoms with Crippen molar-refractivity contribution < 1.29 is 14.6 Å². The third-order valence-corrected chi connectivity index (χ3v) is 4.54. The number of nitrogens with one attached hydrogen (secondary N) is 1. The van der Waals surface area contributed by atoms with Gasteiger partial charge in [0.2, 0.25) is 0 Å². The highest BCUT2D eigenvalue weighted by atomic mass is 32.1. The van der Waals surface area contributed by atoms with Gasteiger partial charge in [-0.05, 0) is 44.9 Å². The summed E-state index contributed by atoms with van der Waals surface area (Å²) in [7, 11) is 1.68. The summed E-state index contributed by atoms with van der Waals surface area (Å²) in [4.78, 5) is 13.3. The van der Waals surface area contributed by atoms with Crippen molar-refractivity contribution in [2.45, 2.75) is 38.3 Å². The van der Waals surface area contributed by atoms with Crippen molar-refractivity contribution in [2.75, 3.05) is 13.7 Å². The van der Waals surface area contributed by atoms with E-state index in [1.807, 2.05) is 13.0 Å². The second-order valence-electron chi connectivity index (χ2n) is 4.42. The number of aryl methyl sites for hydroxylation is 1. The highest BCUT2D eigenvalue weighted by molar-refractivity contribution is 7.12. The fourth-order valence-corrected chi connectivity index (χ4v) is 3.80. The molecular weight excluding hydrogens is 250 g/mol. The molecule has 1 aromatic rings. The standard InChI is InChI=1S/C13H19NO3S/c1-3-17-9-5-4-6-10-8(9)7-11(18-10)12(14-2)13(15)16/h7,9,12,14H,3-6H2,1-2H3,(H,15,16). The van der Waals surface area contributed by atoms with Crippen LogP contribution in [0, 0.1) is 0 Å². The van der Waals surface area contributed by atoms with Crippen molar-refractivity contribution in [3.05, 3.63) is 21.4 Å². The summed E-state index contributed by atoms with van der Waals surface area (Å²) in [6.07, 6.45) is 3.35. The minimum absolute atomic E-state index is 0.148. The Bertz CT molecular complexity index is 430. The van der Waals surface area contributed by atoms with Crippen LogP contribution in [-0.4, -0.2) is 24.7 Å². The molecular formula is C13H19NO3S. The lowest BCUT2D eigenvalue weighted by atomic mass is 9.95. The SMILES string of the molecule is CCOC1CCCc2sc(C(NC)C(=O)O)cc21. The molecule has 0 fully saturated rings. The van der Waals surface area contributed by atoms with Crippen molar-refractivity contribution in [2.24, 2.45) is 0 Å². The average molecular weight is 269 g/mol. The van der Waals surface area contributed by atoms with Gasteiger partial charge in [-0.2, -0.15) is 0 Å². The van der Waals surface area contributed by atoms with Gasteiger partial charge >= 0.3 is 5.97 Å². The normalized spacial score (nSPS) is 20.4. The zero-order chi connectivity index (χ0) is 13.1. The van der Waals surface area contributed by atoms with Crippen LogP contribution >= 0.6 is 11.3 Å². The van der Waals surface area contributed by atoms with Gasteiger partial charge in [0.15, 0.2) is 0 Å². The molecule has 5 heteroatoms. The Morgan fingerprint density at radius 1 is 1.72 bits per heavy atom. The van der Waals surface area contributed by atoms with E-state index in [1.165, 1.54) is 10.4 Å². The summed E-state index contributed by atoms with van der Waals surface area (Å²) >= 11 is 1.60. The molecule has 2 N–H and O–H groups in total. The zero-order valence-corrected chi connectivity index (χ0v) is 11.5. The number of fused-ring (bicyclic) bond motifs is 1. The number of likely N-dealkylation sites (N-methyl/N-ethyl adjacent to an activating group) is 1. The minimum atomic E-state index is -0.830. The summed E-state index contributed by atoms with van der Waals surface area (Å²) in [5.41, 5.74) is 1.20. The van der Waals surface area contributed by atoms with E-state index in [9.17, 15) is 9.90 Å². The van der Waals surface area contributed by atoms with Crippen LogP contribution in [0.4, 0.5) is 0 Å². The van der Waals surface area contributed by atoms with Gasteiger partial charge in [-0.25, -0.2) is 0 Å². The van der Waals surface area contributed by atoms with Gasteiger partial charge in [0.25, 0.3) is 0 Å². The van der Waals surface area contributed by atoms with Crippen molar-refractivity contribution in [1.29, 1.82) is 0 Å². The maximum absolute atomic E-state index is 11.2. The molecule has 2 unspecified atom stereocenters. The van der Waals surface area contributed by atoms with Gasteiger partial charge in [-0.3, -0.25) is 4.79 Å². The van der Waals surface area contributed by atoms with Crippen LogP contribution in [0.5, 0.6) is 0 Å². The first kappa shape index (κ1) is 13.5. The summed E-state index contributed by atoms with van der Waals surface area (Å²) in [5, 5.41) is 12.0. The second kappa shape index (κ2) is 5.82. The maximum Gasteiger partial charge on any atom is 0.326 e. The fraction of sp³-hybridized carbons (Fsp3) is 0.615. The summed E-state index contributed by atoms with van der Waals surface area (Å²) in [6, 6.07) is 1.40. The lowest BCUT2D eigenvalue weighted by Gasteiger charge is -2.22. The second-order valence-corrected chi connectivity index (χ2v) is 5.59. The van der Waals surface area contributed by atoms with Crippen LogP contribution in [0.15, 0.2) is 6.07 Å². The molecule has 0 bridgehead atoms. The van der Waals surface area contributed by atoms with Gasteiger partial charge < -0.3 is 15.2 Å². The van der Waals surface area contributed by atoms with E-state index in [2.05, 4.69) is 5.32 Å². The van der Waals surface area contributed by atoms with Crippen molar-refractivity contribution in [1.82, 2.24) is 5.32 Å². The topological polar surface area (TPSA) is 58.6 Å². The van der Waals surface area contributed by atoms with Gasteiger partial charge in [0.1, 0.15) is 6.04 Å². The Labute approximate surface area is 111 Å². The molecule has 0 amide bonds. The van der Waals surface area contributed by atoms with E-state index < -0.39 is 12.0 Å². The quantitative estimate of drug-likeness (QED) is 0.862. The Morgan fingerprint density at radius 2 is 2.50 bits per heavy atom. The molecule has 2 rings (SSSR count). The molecule has 1 aromatic heterocycles. The third kappa shape index (κ3) is 2.58. The lowest BCUT2D eigenvalue weighted by molar-refractivity contribution is -0.139. The number of carbonyl (C=O) groups is 1. The van der Waals surface area contributed by atoms with Crippen LogP contribution < -0.4 is 5.32 Å². The van der Waals surface area contributed by atoms with Gasteiger partial charge in [0, 0.05) is 16.4 Å². The molecule has 2 atom stereocenters. The smallest absolute Gasteiger partial charge is 0.326 e. The monoisotopic (exact) mass is 269 g/mol. The molecule has 0 aromatic carbocycles. The van der Waals surface area contributed by atoms with Crippen molar-refractivity contribution in [3.63, 3.8) is 0 Å². The predicted octanol–water partition coefficient (Wildman–Crippen LogP) is 2.51. The van der Waals surface area contributed by atoms with Gasteiger partial charge in [-0.15, -0.1) is 11.3 Å². The van der Waals surface area contributed by atoms with Crippen LogP contribution in [-0.2, 0) is 16.0 Å². The molecule has 0 spiro atoms. The van der Waals surface area contributed by atoms with Crippen LogP contribution in [0.25, 0.3) is 0 Å².